The monoisotopic (exact) mass is 420 g/mol. The molecule has 2 aromatic heterocycles. The Morgan fingerprint density at radius 2 is 1.90 bits per heavy atom. The number of hydrogen-bond acceptors (Lipinski definition) is 10. The largest absolute Gasteiger partial charge is 0.482 e. The van der Waals surface area contributed by atoms with Crippen LogP contribution in [0.3, 0.4) is 0 Å². The van der Waals surface area contributed by atoms with Gasteiger partial charge in [-0.15, -0.1) is 0 Å². The number of nitrogens with one attached hydrogen (secondary N) is 2. The maximum absolute atomic E-state index is 11.5. The molecule has 11 heteroatoms. The van der Waals surface area contributed by atoms with E-state index in [1.54, 1.807) is 18.5 Å². The molecule has 2 aliphatic heterocycles. The van der Waals surface area contributed by atoms with Crippen LogP contribution >= 0.6 is 0 Å². The summed E-state index contributed by atoms with van der Waals surface area (Å²) in [6.07, 6.45) is 3.26. The first-order valence-electron chi connectivity index (χ1n) is 9.77. The summed E-state index contributed by atoms with van der Waals surface area (Å²) in [6, 6.07) is 7.27. The van der Waals surface area contributed by atoms with Gasteiger partial charge < -0.3 is 30.7 Å². The van der Waals surface area contributed by atoms with Crippen LogP contribution in [-0.2, 0) is 9.53 Å². The number of carbonyl (C=O) groups is 1. The number of nitrogens with two attached hydrogens (primary N) is 1. The Labute approximate surface area is 177 Å². The van der Waals surface area contributed by atoms with Crippen LogP contribution in [0.15, 0.2) is 36.7 Å². The van der Waals surface area contributed by atoms with Gasteiger partial charge in [-0.25, -0.2) is 15.0 Å². The van der Waals surface area contributed by atoms with Crippen LogP contribution in [0.2, 0.25) is 0 Å². The van der Waals surface area contributed by atoms with Crippen LogP contribution in [0.4, 0.5) is 29.1 Å². The summed E-state index contributed by atoms with van der Waals surface area (Å²) in [6.45, 7) is 2.64. The summed E-state index contributed by atoms with van der Waals surface area (Å²) in [5.41, 5.74) is 8.42. The van der Waals surface area contributed by atoms with Gasteiger partial charge in [-0.1, -0.05) is 0 Å². The van der Waals surface area contributed by atoms with Crippen molar-refractivity contribution in [2.75, 3.05) is 54.2 Å². The number of carbonyl (C=O) groups excluding carboxylic acids is 1. The molecule has 1 amide bonds. The van der Waals surface area contributed by atoms with Crippen molar-refractivity contribution in [2.45, 2.75) is 0 Å². The lowest BCUT2D eigenvalue weighted by Gasteiger charge is -2.27. The molecule has 0 saturated carbocycles. The molecule has 0 atom stereocenters. The molecule has 1 saturated heterocycles. The van der Waals surface area contributed by atoms with Crippen LogP contribution in [0.1, 0.15) is 0 Å². The van der Waals surface area contributed by atoms with E-state index in [2.05, 4.69) is 25.5 Å². The highest BCUT2D eigenvalue weighted by atomic mass is 16.5. The third kappa shape index (κ3) is 4.16. The van der Waals surface area contributed by atoms with Crippen molar-refractivity contribution in [1.29, 1.82) is 0 Å². The molecule has 3 aromatic rings. The van der Waals surface area contributed by atoms with Crippen LogP contribution in [0, 0.1) is 0 Å². The second kappa shape index (κ2) is 8.03. The molecule has 4 N–H and O–H groups in total. The lowest BCUT2D eigenvalue weighted by atomic mass is 10.2. The number of aromatic nitrogens is 4. The van der Waals surface area contributed by atoms with Gasteiger partial charge in [0.15, 0.2) is 6.61 Å². The molecule has 158 valence electrons. The maximum Gasteiger partial charge on any atom is 0.262 e. The lowest BCUT2D eigenvalue weighted by Crippen LogP contribution is -2.37. The minimum Gasteiger partial charge on any atom is -0.482 e. The quantitative estimate of drug-likeness (QED) is 0.567. The van der Waals surface area contributed by atoms with Gasteiger partial charge in [0.25, 0.3) is 5.91 Å². The third-order valence-corrected chi connectivity index (χ3v) is 4.86. The molecule has 11 nitrogen and oxygen atoms in total. The first-order valence-corrected chi connectivity index (χ1v) is 9.77. The molecule has 0 aliphatic carbocycles. The topological polar surface area (TPSA) is 140 Å². The molecular weight excluding hydrogens is 400 g/mol. The zero-order valence-electron chi connectivity index (χ0n) is 16.5. The molecule has 0 unspecified atom stereocenters. The Balaban J connectivity index is 1.49. The normalized spacial score (nSPS) is 15.6. The van der Waals surface area contributed by atoms with Crippen LogP contribution in [0.25, 0.3) is 11.3 Å². The van der Waals surface area contributed by atoms with Crippen LogP contribution < -0.4 is 26.0 Å². The Hall–Kier alpha value is -3.99. The van der Waals surface area contributed by atoms with Crippen molar-refractivity contribution in [3.63, 3.8) is 0 Å². The second-order valence-electron chi connectivity index (χ2n) is 7.04. The molecule has 0 bridgehead atoms. The van der Waals surface area contributed by atoms with Gasteiger partial charge in [0.1, 0.15) is 11.6 Å². The van der Waals surface area contributed by atoms with E-state index in [4.69, 9.17) is 25.2 Å². The molecule has 1 aromatic carbocycles. The fourth-order valence-corrected chi connectivity index (χ4v) is 3.32. The van der Waals surface area contributed by atoms with E-state index in [0.717, 1.165) is 11.3 Å². The average Bonchev–Trinajstić information content (AvgIpc) is 2.80. The first kappa shape index (κ1) is 19.0. The maximum atomic E-state index is 11.5. The minimum atomic E-state index is -0.172. The van der Waals surface area contributed by atoms with E-state index in [0.29, 0.717) is 55.2 Å². The molecular formula is C20H20N8O3. The summed E-state index contributed by atoms with van der Waals surface area (Å²) in [5, 5.41) is 6.08. The van der Waals surface area contributed by atoms with E-state index < -0.39 is 0 Å². The zero-order valence-corrected chi connectivity index (χ0v) is 16.5. The molecule has 4 heterocycles. The number of anilines is 5. The average molecular weight is 420 g/mol. The van der Waals surface area contributed by atoms with Crippen molar-refractivity contribution < 1.29 is 14.3 Å². The number of nitrogen functional groups attached to an aromatic ring is 1. The van der Waals surface area contributed by atoms with Gasteiger partial charge >= 0.3 is 0 Å². The summed E-state index contributed by atoms with van der Waals surface area (Å²) < 4.78 is 10.9. The molecule has 0 radical (unpaired) electrons. The van der Waals surface area contributed by atoms with Crippen molar-refractivity contribution in [3.05, 3.63) is 36.7 Å². The first-order chi connectivity index (χ1) is 15.1. The second-order valence-corrected chi connectivity index (χ2v) is 7.04. The number of ether oxygens (including phenoxy) is 2. The number of rotatable bonds is 4. The van der Waals surface area contributed by atoms with E-state index >= 15 is 0 Å². The highest BCUT2D eigenvalue weighted by molar-refractivity contribution is 5.95. The predicted molar refractivity (Wildman–Crippen MR) is 114 cm³/mol. The van der Waals surface area contributed by atoms with Crippen molar-refractivity contribution in [2.24, 2.45) is 0 Å². The molecule has 31 heavy (non-hydrogen) atoms. The highest BCUT2D eigenvalue weighted by Gasteiger charge is 2.18. The van der Waals surface area contributed by atoms with Gasteiger partial charge in [0, 0.05) is 48.9 Å². The minimum absolute atomic E-state index is 0.00751. The van der Waals surface area contributed by atoms with Gasteiger partial charge in [-0.2, -0.15) is 4.98 Å². The van der Waals surface area contributed by atoms with Crippen molar-refractivity contribution >= 4 is 35.0 Å². The predicted octanol–water partition coefficient (Wildman–Crippen LogP) is 1.43. The van der Waals surface area contributed by atoms with Gasteiger partial charge in [-0.3, -0.25) is 4.79 Å². The van der Waals surface area contributed by atoms with E-state index in [1.807, 2.05) is 18.2 Å². The van der Waals surface area contributed by atoms with Crippen molar-refractivity contribution in [3.8, 4) is 17.0 Å². The van der Waals surface area contributed by atoms with Crippen LogP contribution in [-0.4, -0.2) is 58.8 Å². The number of morpholine rings is 1. The number of fused-ring (bicyclic) bond motifs is 1. The van der Waals surface area contributed by atoms with Crippen molar-refractivity contribution in [1.82, 2.24) is 19.9 Å². The van der Waals surface area contributed by atoms with Gasteiger partial charge in [-0.05, 0) is 12.1 Å². The Morgan fingerprint density at radius 1 is 1.10 bits per heavy atom. The molecule has 2 aliphatic rings. The SMILES string of the molecule is Nc1ncc(-c2cc(Nc3ccc4c(c3)OCC(=O)N4)nc(N3CCOCC3)n2)cn1. The third-order valence-electron chi connectivity index (χ3n) is 4.86. The molecule has 0 spiro atoms. The van der Waals surface area contributed by atoms with E-state index in [1.165, 1.54) is 0 Å². The summed E-state index contributed by atoms with van der Waals surface area (Å²) >= 11 is 0. The summed E-state index contributed by atoms with van der Waals surface area (Å²) in [4.78, 5) is 31.1. The number of nitrogens with zero attached hydrogens (tertiary/aromatic N) is 5. The Morgan fingerprint density at radius 3 is 2.71 bits per heavy atom. The summed E-state index contributed by atoms with van der Waals surface area (Å²) in [5.74, 6) is 1.81. The van der Waals surface area contributed by atoms with E-state index in [9.17, 15) is 4.79 Å². The highest BCUT2D eigenvalue weighted by Crippen LogP contribution is 2.32. The fraction of sp³-hybridized carbons (Fsp3) is 0.250. The number of hydrogen-bond donors (Lipinski definition) is 3. The standard InChI is InChI=1S/C20H20N8O3/c21-19-22-9-12(10-23-19)15-8-17(27-20(26-15)28-3-5-30-6-4-28)24-13-1-2-14-16(7-13)31-11-18(29)25-14/h1-2,7-10H,3-6,11H2,(H,25,29)(H2,21,22,23)(H,24,26,27). The number of amides is 1. The Kier molecular flexibility index (Phi) is 4.92. The smallest absolute Gasteiger partial charge is 0.262 e. The van der Waals surface area contributed by atoms with Gasteiger partial charge in [0.2, 0.25) is 11.9 Å². The molecule has 1 fully saturated rings. The summed E-state index contributed by atoms with van der Waals surface area (Å²) in [7, 11) is 0. The Bertz CT molecular complexity index is 1120. The lowest BCUT2D eigenvalue weighted by molar-refractivity contribution is -0.118. The van der Waals surface area contributed by atoms with Crippen LogP contribution in [0.5, 0.6) is 5.75 Å². The number of benzene rings is 1. The van der Waals surface area contributed by atoms with Gasteiger partial charge in [0.05, 0.1) is 24.6 Å². The van der Waals surface area contributed by atoms with E-state index in [-0.39, 0.29) is 18.5 Å². The fourth-order valence-electron chi connectivity index (χ4n) is 3.32. The zero-order chi connectivity index (χ0) is 21.2. The molecule has 5 rings (SSSR count).